The van der Waals surface area contributed by atoms with Crippen LogP contribution in [0.2, 0.25) is 10.0 Å². The number of benzene rings is 2. The van der Waals surface area contributed by atoms with E-state index >= 15 is 4.39 Å². The maximum Gasteiger partial charge on any atom is 0.407 e. The molecule has 11 nitrogen and oxygen atoms in total. The van der Waals surface area contributed by atoms with Crippen LogP contribution in [-0.4, -0.2) is 88.0 Å². The van der Waals surface area contributed by atoms with E-state index in [2.05, 4.69) is 26.3 Å². The van der Waals surface area contributed by atoms with Crippen LogP contribution in [-0.2, 0) is 24.3 Å². The van der Waals surface area contributed by atoms with Crippen LogP contribution in [0.15, 0.2) is 48.7 Å². The smallest absolute Gasteiger partial charge is 0.407 e. The number of aromatic nitrogens is 2. The molecule has 1 unspecified atom stereocenters. The summed E-state index contributed by atoms with van der Waals surface area (Å²) < 4.78 is 27.0. The van der Waals surface area contributed by atoms with Gasteiger partial charge in [0.15, 0.2) is 0 Å². The van der Waals surface area contributed by atoms with E-state index in [1.54, 1.807) is 44.5 Å². The van der Waals surface area contributed by atoms with Gasteiger partial charge >= 0.3 is 6.09 Å². The minimum Gasteiger partial charge on any atom is -0.496 e. The number of carboxylic acid groups (broad SMARTS) is 1. The van der Waals surface area contributed by atoms with Crippen molar-refractivity contribution < 1.29 is 33.7 Å². The summed E-state index contributed by atoms with van der Waals surface area (Å²) >= 11 is 14.1. The van der Waals surface area contributed by atoms with E-state index in [1.807, 2.05) is 6.07 Å². The highest BCUT2D eigenvalue weighted by molar-refractivity contribution is 6.39. The molecule has 2 aliphatic rings. The number of β-amino-alcohol motifs (C(OH)–C–C–N with tert-alkyl or cyclic N) is 1. The summed E-state index contributed by atoms with van der Waals surface area (Å²) in [7, 11) is 2.95. The van der Waals surface area contributed by atoms with Gasteiger partial charge in [0.05, 0.1) is 53.9 Å². The average molecular weight is 739 g/mol. The van der Waals surface area contributed by atoms with Gasteiger partial charge in [0.2, 0.25) is 11.8 Å². The zero-order valence-electron chi connectivity index (χ0n) is 28.4. The molecule has 4 aromatic rings. The molecule has 0 radical (unpaired) electrons. The highest BCUT2D eigenvalue weighted by Gasteiger charge is 2.28. The Morgan fingerprint density at radius 1 is 1.12 bits per heavy atom. The van der Waals surface area contributed by atoms with Crippen LogP contribution < -0.4 is 14.8 Å². The van der Waals surface area contributed by atoms with Gasteiger partial charge in [-0.2, -0.15) is 0 Å². The summed E-state index contributed by atoms with van der Waals surface area (Å²) in [6.07, 6.45) is 1.53. The molecule has 1 fully saturated rings. The van der Waals surface area contributed by atoms with Gasteiger partial charge in [0.1, 0.15) is 11.6 Å². The average Bonchev–Trinajstić information content (AvgIpc) is 3.52. The Morgan fingerprint density at radius 2 is 1.88 bits per heavy atom. The van der Waals surface area contributed by atoms with E-state index < -0.39 is 18.0 Å². The standard InChI is InChI=1S/C37H38Cl2FN5O6/c1-20(46)16-44-12-10-21-13-22(14-31(50-2)27(21)18-44)35-34(39)25(9-11-41-35)24-5-4-6-26(33(24)38)30-15-29(40)28(36(43-30)51-3)19-45(37(48)49)17-23-7-8-32(47)42-23/h4-6,9,11,13-15,20,23,46H,7-8,10,12,16-19H2,1-3H3,(H,42,47)(H,48,49)/t20?,23-/m0/s1. The minimum atomic E-state index is -1.26. The minimum absolute atomic E-state index is 0.00518. The van der Waals surface area contributed by atoms with Crippen molar-refractivity contribution in [1.82, 2.24) is 25.1 Å². The zero-order valence-corrected chi connectivity index (χ0v) is 29.9. The normalized spacial score (nSPS) is 16.4. The van der Waals surface area contributed by atoms with E-state index in [-0.39, 0.29) is 47.2 Å². The van der Waals surface area contributed by atoms with Gasteiger partial charge in [-0.05, 0) is 43.5 Å². The van der Waals surface area contributed by atoms with Crippen LogP contribution in [0.4, 0.5) is 9.18 Å². The Bertz CT molecular complexity index is 1960. The summed E-state index contributed by atoms with van der Waals surface area (Å²) in [4.78, 5) is 36.1. The molecule has 51 heavy (non-hydrogen) atoms. The molecule has 2 aromatic heterocycles. The van der Waals surface area contributed by atoms with E-state index in [4.69, 9.17) is 32.7 Å². The van der Waals surface area contributed by atoms with Gasteiger partial charge in [-0.3, -0.25) is 14.7 Å². The van der Waals surface area contributed by atoms with Crippen LogP contribution in [0, 0.1) is 5.82 Å². The molecule has 2 aromatic carbocycles. The van der Waals surface area contributed by atoms with Crippen molar-refractivity contribution in [2.24, 2.45) is 0 Å². The fourth-order valence-corrected chi connectivity index (χ4v) is 7.42. The number of aliphatic hydroxyl groups is 1. The third-order valence-corrected chi connectivity index (χ3v) is 10.0. The van der Waals surface area contributed by atoms with Gasteiger partial charge in [0, 0.05) is 78.7 Å². The topological polar surface area (TPSA) is 137 Å². The predicted octanol–water partition coefficient (Wildman–Crippen LogP) is 6.44. The molecule has 268 valence electrons. The lowest BCUT2D eigenvalue weighted by molar-refractivity contribution is -0.119. The Kier molecular flexibility index (Phi) is 11.0. The second-order valence-corrected chi connectivity index (χ2v) is 13.5. The van der Waals surface area contributed by atoms with Crippen molar-refractivity contribution in [2.75, 3.05) is 33.9 Å². The number of methoxy groups -OCH3 is 2. The number of nitrogens with one attached hydrogen (secondary N) is 1. The number of fused-ring (bicyclic) bond motifs is 1. The molecule has 0 aliphatic carbocycles. The van der Waals surface area contributed by atoms with Crippen LogP contribution >= 0.6 is 23.2 Å². The first kappa shape index (κ1) is 36.3. The monoisotopic (exact) mass is 737 g/mol. The summed E-state index contributed by atoms with van der Waals surface area (Å²) in [6.45, 7) is 3.47. The molecular weight excluding hydrogens is 700 g/mol. The molecular formula is C37H38Cl2FN5O6. The Morgan fingerprint density at radius 3 is 2.57 bits per heavy atom. The molecule has 0 spiro atoms. The molecule has 6 rings (SSSR count). The highest BCUT2D eigenvalue weighted by Crippen LogP contribution is 2.43. The SMILES string of the molecule is COc1cc(-c2nccc(-c3cccc(-c4cc(F)c(CN(C[C@@H]5CCC(=O)N5)C(=O)O)c(OC)n4)c3Cl)c2Cl)cc2c1CN(CC(C)O)CC2. The summed E-state index contributed by atoms with van der Waals surface area (Å²) in [6, 6.07) is 11.8. The van der Waals surface area contributed by atoms with E-state index in [9.17, 15) is 19.8 Å². The van der Waals surface area contributed by atoms with Crippen LogP contribution in [0.25, 0.3) is 33.6 Å². The maximum absolute atomic E-state index is 15.8. The van der Waals surface area contributed by atoms with Gasteiger partial charge in [-0.1, -0.05) is 41.4 Å². The number of hydrogen-bond donors (Lipinski definition) is 3. The van der Waals surface area contributed by atoms with Crippen LogP contribution in [0.3, 0.4) is 0 Å². The molecule has 2 aliphatic heterocycles. The number of rotatable bonds is 11. The number of halogens is 3. The molecule has 14 heteroatoms. The number of ether oxygens (including phenoxy) is 2. The first-order chi connectivity index (χ1) is 24.5. The maximum atomic E-state index is 15.8. The summed E-state index contributed by atoms with van der Waals surface area (Å²) in [5.74, 6) is -0.250. The van der Waals surface area contributed by atoms with E-state index in [0.29, 0.717) is 59.1 Å². The molecule has 2 amide bonds. The first-order valence-corrected chi connectivity index (χ1v) is 17.3. The third kappa shape index (κ3) is 7.74. The number of pyridine rings is 2. The van der Waals surface area contributed by atoms with Crippen LogP contribution in [0.1, 0.15) is 36.5 Å². The second kappa shape index (κ2) is 15.4. The molecule has 0 saturated carbocycles. The van der Waals surface area contributed by atoms with Crippen molar-refractivity contribution in [3.63, 3.8) is 0 Å². The third-order valence-electron chi connectivity index (χ3n) is 9.22. The van der Waals surface area contributed by atoms with Crippen molar-refractivity contribution in [3.8, 4) is 45.3 Å². The number of carbonyl (C=O) groups is 2. The summed E-state index contributed by atoms with van der Waals surface area (Å²) in [5, 5.41) is 23.1. The predicted molar refractivity (Wildman–Crippen MR) is 192 cm³/mol. The number of nitrogens with zero attached hydrogens (tertiary/aromatic N) is 4. The van der Waals surface area contributed by atoms with Gasteiger partial charge < -0.3 is 29.9 Å². The lowest BCUT2D eigenvalue weighted by atomic mass is 9.93. The molecule has 1 saturated heterocycles. The first-order valence-electron chi connectivity index (χ1n) is 16.5. The highest BCUT2D eigenvalue weighted by atomic mass is 35.5. The van der Waals surface area contributed by atoms with Crippen LogP contribution in [0.5, 0.6) is 11.6 Å². The van der Waals surface area contributed by atoms with E-state index in [0.717, 1.165) is 34.6 Å². The van der Waals surface area contributed by atoms with Gasteiger partial charge in [0.25, 0.3) is 0 Å². The largest absolute Gasteiger partial charge is 0.496 e. The van der Waals surface area contributed by atoms with Crippen molar-refractivity contribution in [2.45, 2.75) is 51.4 Å². The molecule has 0 bridgehead atoms. The van der Waals surface area contributed by atoms with Gasteiger partial charge in [-0.25, -0.2) is 14.2 Å². The Hall–Kier alpha value is -4.49. The summed E-state index contributed by atoms with van der Waals surface area (Å²) in [5.41, 5.74) is 5.23. The number of carbonyl (C=O) groups excluding carboxylic acids is 1. The Labute approximate surface area is 304 Å². The second-order valence-electron chi connectivity index (χ2n) is 12.8. The fourth-order valence-electron chi connectivity index (χ4n) is 6.78. The fraction of sp³-hybridized carbons (Fsp3) is 0.351. The lowest BCUT2D eigenvalue weighted by Crippen LogP contribution is -2.41. The van der Waals surface area contributed by atoms with Gasteiger partial charge in [-0.15, -0.1) is 0 Å². The number of aliphatic hydroxyl groups excluding tert-OH is 1. The van der Waals surface area contributed by atoms with Crippen molar-refractivity contribution in [1.29, 1.82) is 0 Å². The quantitative estimate of drug-likeness (QED) is 0.159. The molecule has 3 N–H and O–H groups in total. The zero-order chi connectivity index (χ0) is 36.4. The molecule has 4 heterocycles. The molecule has 2 atom stereocenters. The van der Waals surface area contributed by atoms with Crippen molar-refractivity contribution >= 4 is 35.2 Å². The van der Waals surface area contributed by atoms with Crippen molar-refractivity contribution in [3.05, 3.63) is 81.2 Å². The van der Waals surface area contributed by atoms with E-state index in [1.165, 1.54) is 13.2 Å². The number of amides is 2. The lowest BCUT2D eigenvalue weighted by Gasteiger charge is -2.31. The number of hydrogen-bond acceptors (Lipinski definition) is 8. The Balaban J connectivity index is 1.32.